The molecule has 0 amide bonds. The first-order valence-corrected chi connectivity index (χ1v) is 7.99. The van der Waals surface area contributed by atoms with Crippen LogP contribution in [0.4, 0.5) is 0 Å². The fourth-order valence-electron chi connectivity index (χ4n) is 4.39. The molecule has 3 saturated heterocycles. The van der Waals surface area contributed by atoms with Crippen molar-refractivity contribution in [3.8, 4) is 0 Å². The maximum atomic E-state index is 6.15. The van der Waals surface area contributed by atoms with Crippen molar-refractivity contribution in [3.05, 3.63) is 0 Å². The number of hydrogen-bond acceptors (Lipinski definition) is 3. The second kappa shape index (κ2) is 5.48. The maximum absolute atomic E-state index is 6.15. The van der Waals surface area contributed by atoms with Crippen LogP contribution in [-0.4, -0.2) is 53.6 Å². The molecule has 3 atom stereocenters. The van der Waals surface area contributed by atoms with E-state index in [-0.39, 0.29) is 0 Å². The van der Waals surface area contributed by atoms with Crippen molar-refractivity contribution in [1.82, 2.24) is 9.80 Å². The minimum atomic E-state index is 0.476. The van der Waals surface area contributed by atoms with Crippen molar-refractivity contribution < 1.29 is 0 Å². The highest BCUT2D eigenvalue weighted by atomic mass is 15.3. The van der Waals surface area contributed by atoms with Gasteiger partial charge >= 0.3 is 0 Å². The van der Waals surface area contributed by atoms with Gasteiger partial charge < -0.3 is 5.73 Å². The van der Waals surface area contributed by atoms with E-state index in [0.717, 1.165) is 18.1 Å². The number of likely N-dealkylation sites (tertiary alicyclic amines) is 1. The minimum absolute atomic E-state index is 0.476. The third-order valence-electron chi connectivity index (χ3n) is 5.41. The van der Waals surface area contributed by atoms with E-state index in [1.54, 1.807) is 0 Å². The molecule has 3 aliphatic rings. The maximum Gasteiger partial charge on any atom is 0.0195 e. The zero-order valence-corrected chi connectivity index (χ0v) is 11.9. The van der Waals surface area contributed by atoms with Gasteiger partial charge in [0.15, 0.2) is 0 Å². The van der Waals surface area contributed by atoms with Crippen molar-refractivity contribution >= 4 is 0 Å². The van der Waals surface area contributed by atoms with Gasteiger partial charge in [0, 0.05) is 30.7 Å². The lowest BCUT2D eigenvalue weighted by Gasteiger charge is -2.42. The van der Waals surface area contributed by atoms with Crippen molar-refractivity contribution in [2.24, 2.45) is 5.73 Å². The summed E-state index contributed by atoms with van der Waals surface area (Å²) in [6.07, 6.45) is 9.51. The van der Waals surface area contributed by atoms with Crippen LogP contribution in [0.15, 0.2) is 0 Å². The molecular weight excluding hydrogens is 222 g/mol. The molecule has 0 aromatic heterocycles. The van der Waals surface area contributed by atoms with E-state index < -0.39 is 0 Å². The summed E-state index contributed by atoms with van der Waals surface area (Å²) in [7, 11) is 0. The first kappa shape index (κ1) is 12.9. The van der Waals surface area contributed by atoms with E-state index in [4.69, 9.17) is 5.73 Å². The van der Waals surface area contributed by atoms with Gasteiger partial charge in [-0.3, -0.25) is 9.80 Å². The van der Waals surface area contributed by atoms with E-state index in [1.807, 2.05) is 0 Å². The smallest absolute Gasteiger partial charge is 0.0195 e. The second-order valence-corrected chi connectivity index (χ2v) is 6.76. The van der Waals surface area contributed by atoms with Crippen LogP contribution in [0.2, 0.25) is 0 Å². The quantitative estimate of drug-likeness (QED) is 0.830. The molecule has 18 heavy (non-hydrogen) atoms. The summed E-state index contributed by atoms with van der Waals surface area (Å²) < 4.78 is 0. The molecule has 0 aromatic carbocycles. The summed E-state index contributed by atoms with van der Waals surface area (Å²) in [5.74, 6) is 0. The van der Waals surface area contributed by atoms with E-state index in [1.165, 1.54) is 64.6 Å². The number of hydrogen-bond donors (Lipinski definition) is 1. The average molecular weight is 251 g/mol. The lowest BCUT2D eigenvalue weighted by Crippen LogP contribution is -2.52. The van der Waals surface area contributed by atoms with Gasteiger partial charge in [0.25, 0.3) is 0 Å². The van der Waals surface area contributed by atoms with Gasteiger partial charge in [-0.05, 0) is 58.5 Å². The molecule has 0 radical (unpaired) electrons. The zero-order chi connectivity index (χ0) is 12.5. The lowest BCUT2D eigenvalue weighted by molar-refractivity contribution is 0.0733. The molecule has 104 valence electrons. The Balaban J connectivity index is 1.56. The third kappa shape index (κ3) is 2.59. The van der Waals surface area contributed by atoms with Crippen LogP contribution in [0.5, 0.6) is 0 Å². The molecule has 2 N–H and O–H groups in total. The fourth-order valence-corrected chi connectivity index (χ4v) is 4.39. The topological polar surface area (TPSA) is 32.5 Å². The van der Waals surface area contributed by atoms with Crippen molar-refractivity contribution in [2.75, 3.05) is 19.6 Å². The largest absolute Gasteiger partial charge is 0.328 e. The molecule has 3 aliphatic heterocycles. The number of piperidine rings is 2. The van der Waals surface area contributed by atoms with Crippen LogP contribution in [-0.2, 0) is 0 Å². The highest BCUT2D eigenvalue weighted by Crippen LogP contribution is 2.35. The molecule has 0 aromatic rings. The summed E-state index contributed by atoms with van der Waals surface area (Å²) in [5, 5.41) is 0. The van der Waals surface area contributed by atoms with E-state index in [9.17, 15) is 0 Å². The van der Waals surface area contributed by atoms with Crippen molar-refractivity contribution in [1.29, 1.82) is 0 Å². The zero-order valence-electron chi connectivity index (χ0n) is 11.9. The van der Waals surface area contributed by atoms with Crippen LogP contribution < -0.4 is 5.73 Å². The standard InChI is InChI=1S/C15H29N3/c1-12(17-7-3-2-4-8-17)11-18-14-5-6-15(18)10-13(16)9-14/h12-15H,2-11,16H2,1H3. The van der Waals surface area contributed by atoms with Gasteiger partial charge in [0.2, 0.25) is 0 Å². The monoisotopic (exact) mass is 251 g/mol. The highest BCUT2D eigenvalue weighted by molar-refractivity contribution is 4.97. The molecule has 3 unspecified atom stereocenters. The molecule has 0 saturated carbocycles. The Kier molecular flexibility index (Phi) is 3.92. The Morgan fingerprint density at radius 3 is 2.28 bits per heavy atom. The van der Waals surface area contributed by atoms with Gasteiger partial charge in [0.1, 0.15) is 0 Å². The van der Waals surface area contributed by atoms with Gasteiger partial charge in [-0.25, -0.2) is 0 Å². The second-order valence-electron chi connectivity index (χ2n) is 6.76. The molecule has 3 fully saturated rings. The van der Waals surface area contributed by atoms with Crippen LogP contribution in [0.1, 0.15) is 51.9 Å². The predicted octanol–water partition coefficient (Wildman–Crippen LogP) is 1.81. The number of rotatable bonds is 3. The van der Waals surface area contributed by atoms with Crippen LogP contribution in [0.25, 0.3) is 0 Å². The van der Waals surface area contributed by atoms with E-state index in [0.29, 0.717) is 6.04 Å². The highest BCUT2D eigenvalue weighted by Gasteiger charge is 2.40. The summed E-state index contributed by atoms with van der Waals surface area (Å²) in [4.78, 5) is 5.50. The summed E-state index contributed by atoms with van der Waals surface area (Å²) >= 11 is 0. The molecule has 3 heteroatoms. The van der Waals surface area contributed by atoms with Crippen LogP contribution >= 0.6 is 0 Å². The number of nitrogens with two attached hydrogens (primary N) is 1. The van der Waals surface area contributed by atoms with Gasteiger partial charge in [0.05, 0.1) is 0 Å². The minimum Gasteiger partial charge on any atom is -0.328 e. The fraction of sp³-hybridized carbons (Fsp3) is 1.00. The molecular formula is C15H29N3. The van der Waals surface area contributed by atoms with E-state index >= 15 is 0 Å². The van der Waals surface area contributed by atoms with Gasteiger partial charge in [-0.2, -0.15) is 0 Å². The van der Waals surface area contributed by atoms with Crippen LogP contribution in [0.3, 0.4) is 0 Å². The molecule has 3 nitrogen and oxygen atoms in total. The Morgan fingerprint density at radius 1 is 1.06 bits per heavy atom. The van der Waals surface area contributed by atoms with Crippen LogP contribution in [0, 0.1) is 0 Å². The third-order valence-corrected chi connectivity index (χ3v) is 5.41. The average Bonchev–Trinajstić information content (AvgIpc) is 2.62. The Hall–Kier alpha value is -0.120. The molecule has 2 bridgehead atoms. The molecule has 3 heterocycles. The van der Waals surface area contributed by atoms with Gasteiger partial charge in [-0.1, -0.05) is 6.42 Å². The summed E-state index contributed by atoms with van der Waals surface area (Å²) in [5.41, 5.74) is 6.15. The normalized spacial score (nSPS) is 40.0. The Bertz CT molecular complexity index is 261. The summed E-state index contributed by atoms with van der Waals surface area (Å²) in [6, 6.07) is 2.81. The predicted molar refractivity (Wildman–Crippen MR) is 75.6 cm³/mol. The first-order valence-electron chi connectivity index (χ1n) is 7.99. The first-order chi connectivity index (χ1) is 8.74. The Morgan fingerprint density at radius 2 is 1.67 bits per heavy atom. The Labute approximate surface area is 112 Å². The van der Waals surface area contributed by atoms with Crippen molar-refractivity contribution in [3.63, 3.8) is 0 Å². The number of nitrogens with zero attached hydrogens (tertiary/aromatic N) is 2. The SMILES string of the molecule is CC(CN1C2CCC1CC(N)C2)N1CCCCC1. The summed E-state index contributed by atoms with van der Waals surface area (Å²) in [6.45, 7) is 6.36. The van der Waals surface area contributed by atoms with Crippen molar-refractivity contribution in [2.45, 2.75) is 76.0 Å². The molecule has 3 rings (SSSR count). The lowest BCUT2D eigenvalue weighted by atomic mass is 9.97. The number of fused-ring (bicyclic) bond motifs is 2. The molecule has 0 spiro atoms. The molecule has 0 aliphatic carbocycles. The van der Waals surface area contributed by atoms with E-state index in [2.05, 4.69) is 16.7 Å². The van der Waals surface area contributed by atoms with Gasteiger partial charge in [-0.15, -0.1) is 0 Å².